The number of piperazine rings is 1. The number of aryl methyl sites for hydroxylation is 1. The van der Waals surface area contributed by atoms with Gasteiger partial charge in [-0.2, -0.15) is 0 Å². The van der Waals surface area contributed by atoms with Gasteiger partial charge in [0.25, 0.3) is 5.91 Å². The average Bonchev–Trinajstić information content (AvgIpc) is 2.99. The fraction of sp³-hybridized carbons (Fsp3) is 0.419. The van der Waals surface area contributed by atoms with Crippen LogP contribution in [-0.2, 0) is 13.0 Å². The van der Waals surface area contributed by atoms with Crippen molar-refractivity contribution in [2.75, 3.05) is 51.1 Å². The van der Waals surface area contributed by atoms with Crippen LogP contribution < -0.4 is 10.1 Å². The number of nitrogens with one attached hydrogen (secondary N) is 1. The number of pyridine rings is 2. The molecular formula is C31H38N6O3. The Morgan fingerprint density at radius 1 is 0.825 bits per heavy atom. The van der Waals surface area contributed by atoms with Crippen LogP contribution >= 0.6 is 0 Å². The standard InChI is InChI=1S/C31H38N6O3/c1-24-5-10-27(32-21-24)13-16-35-17-19-37(20-18-35)31(39)40-29-12-11-28(22-33-29)34-30(38)26-8-6-25(7-9-26)23-36-14-3-2-4-15-36/h5-12,21-22H,2-4,13-20,23H2,1H3,(H,34,38). The first-order valence-electron chi connectivity index (χ1n) is 14.2. The summed E-state index contributed by atoms with van der Waals surface area (Å²) in [6.07, 6.45) is 7.72. The molecule has 3 aromatic rings. The van der Waals surface area contributed by atoms with Crippen LogP contribution in [0.2, 0.25) is 0 Å². The topological polar surface area (TPSA) is 90.9 Å². The molecule has 0 unspecified atom stereocenters. The van der Waals surface area contributed by atoms with E-state index in [9.17, 15) is 9.59 Å². The second-order valence-electron chi connectivity index (χ2n) is 10.6. The fourth-order valence-electron chi connectivity index (χ4n) is 5.08. The Bertz CT molecular complexity index is 1250. The molecule has 2 fully saturated rings. The number of piperidine rings is 1. The van der Waals surface area contributed by atoms with Crippen molar-refractivity contribution >= 4 is 17.7 Å². The molecule has 0 saturated carbocycles. The van der Waals surface area contributed by atoms with Gasteiger partial charge in [0.05, 0.1) is 11.9 Å². The largest absolute Gasteiger partial charge is 0.416 e. The molecule has 4 heterocycles. The Hall–Kier alpha value is -3.82. The maximum atomic E-state index is 12.7. The van der Waals surface area contributed by atoms with Crippen molar-refractivity contribution in [2.45, 2.75) is 39.2 Å². The lowest BCUT2D eigenvalue weighted by Gasteiger charge is -2.33. The zero-order valence-electron chi connectivity index (χ0n) is 23.2. The summed E-state index contributed by atoms with van der Waals surface area (Å²) in [5.74, 6) is 0.00466. The van der Waals surface area contributed by atoms with Gasteiger partial charge >= 0.3 is 6.09 Å². The minimum Gasteiger partial charge on any atom is -0.391 e. The first-order chi connectivity index (χ1) is 19.5. The maximum absolute atomic E-state index is 12.7. The van der Waals surface area contributed by atoms with Crippen LogP contribution in [-0.4, -0.2) is 82.5 Å². The third-order valence-corrected chi connectivity index (χ3v) is 7.54. The van der Waals surface area contributed by atoms with Crippen LogP contribution in [0.4, 0.5) is 10.5 Å². The Kier molecular flexibility index (Phi) is 9.36. The second-order valence-corrected chi connectivity index (χ2v) is 10.6. The number of amides is 2. The highest BCUT2D eigenvalue weighted by molar-refractivity contribution is 6.04. The molecule has 0 bridgehead atoms. The van der Waals surface area contributed by atoms with Gasteiger partial charge in [-0.15, -0.1) is 0 Å². The molecule has 9 heteroatoms. The van der Waals surface area contributed by atoms with Crippen molar-refractivity contribution in [3.63, 3.8) is 0 Å². The summed E-state index contributed by atoms with van der Waals surface area (Å²) in [6.45, 7) is 8.94. The van der Waals surface area contributed by atoms with E-state index in [0.29, 0.717) is 24.3 Å². The number of anilines is 1. The van der Waals surface area contributed by atoms with E-state index in [4.69, 9.17) is 4.74 Å². The average molecular weight is 543 g/mol. The number of likely N-dealkylation sites (tertiary alicyclic amines) is 1. The molecule has 2 aliphatic rings. The van der Waals surface area contributed by atoms with Gasteiger partial charge in [0, 0.05) is 69.2 Å². The summed E-state index contributed by atoms with van der Waals surface area (Å²) in [7, 11) is 0. The zero-order valence-corrected chi connectivity index (χ0v) is 23.2. The highest BCUT2D eigenvalue weighted by Gasteiger charge is 2.23. The lowest BCUT2D eigenvalue weighted by atomic mass is 10.1. The molecule has 1 N–H and O–H groups in total. The lowest BCUT2D eigenvalue weighted by molar-refractivity contribution is 0.102. The van der Waals surface area contributed by atoms with Gasteiger partial charge in [0.15, 0.2) is 0 Å². The molecule has 5 rings (SSSR count). The lowest BCUT2D eigenvalue weighted by Crippen LogP contribution is -2.50. The van der Waals surface area contributed by atoms with Gasteiger partial charge in [-0.25, -0.2) is 9.78 Å². The van der Waals surface area contributed by atoms with Crippen molar-refractivity contribution in [1.82, 2.24) is 24.7 Å². The number of nitrogens with zero attached hydrogens (tertiary/aromatic N) is 5. The summed E-state index contributed by atoms with van der Waals surface area (Å²) in [5, 5.41) is 2.86. The van der Waals surface area contributed by atoms with Crippen LogP contribution in [0.25, 0.3) is 0 Å². The summed E-state index contributed by atoms with van der Waals surface area (Å²) in [4.78, 5) is 40.5. The van der Waals surface area contributed by atoms with Gasteiger partial charge in [0.2, 0.25) is 5.88 Å². The van der Waals surface area contributed by atoms with Crippen LogP contribution in [0.5, 0.6) is 5.88 Å². The number of carbonyl (C=O) groups excluding carboxylic acids is 2. The minimum absolute atomic E-state index is 0.202. The fourth-order valence-corrected chi connectivity index (χ4v) is 5.08. The van der Waals surface area contributed by atoms with E-state index in [2.05, 4.69) is 37.2 Å². The highest BCUT2D eigenvalue weighted by atomic mass is 16.6. The van der Waals surface area contributed by atoms with E-state index in [-0.39, 0.29) is 11.8 Å². The number of benzene rings is 1. The van der Waals surface area contributed by atoms with Crippen LogP contribution in [0.1, 0.15) is 46.4 Å². The summed E-state index contributed by atoms with van der Waals surface area (Å²) in [6, 6.07) is 15.2. The minimum atomic E-state index is -0.409. The number of ether oxygens (including phenoxy) is 1. The van der Waals surface area contributed by atoms with E-state index in [1.165, 1.54) is 31.0 Å². The summed E-state index contributed by atoms with van der Waals surface area (Å²) in [5.41, 5.74) is 4.59. The number of hydrogen-bond donors (Lipinski definition) is 1. The quantitative estimate of drug-likeness (QED) is 0.452. The van der Waals surface area contributed by atoms with Crippen molar-refractivity contribution in [1.29, 1.82) is 0 Å². The van der Waals surface area contributed by atoms with Gasteiger partial charge in [-0.1, -0.05) is 24.6 Å². The van der Waals surface area contributed by atoms with Gasteiger partial charge in [-0.3, -0.25) is 19.6 Å². The SMILES string of the molecule is Cc1ccc(CCN2CCN(C(=O)Oc3ccc(NC(=O)c4ccc(CN5CCCCC5)cc4)cn3)CC2)nc1. The normalized spacial score (nSPS) is 16.5. The van der Waals surface area contributed by atoms with Crippen molar-refractivity contribution in [2.24, 2.45) is 0 Å². The third kappa shape index (κ3) is 7.86. The molecule has 0 atom stereocenters. The number of rotatable bonds is 8. The predicted octanol–water partition coefficient (Wildman–Crippen LogP) is 4.38. The zero-order chi connectivity index (χ0) is 27.7. The molecule has 0 aliphatic carbocycles. The molecule has 40 heavy (non-hydrogen) atoms. The Labute approximate surface area is 236 Å². The van der Waals surface area contributed by atoms with Crippen LogP contribution in [0, 0.1) is 6.92 Å². The molecule has 2 amide bonds. The Morgan fingerprint density at radius 2 is 1.60 bits per heavy atom. The van der Waals surface area contributed by atoms with E-state index in [1.54, 1.807) is 17.0 Å². The molecule has 1 aromatic carbocycles. The summed E-state index contributed by atoms with van der Waals surface area (Å²) < 4.78 is 5.48. The number of carbonyl (C=O) groups is 2. The first-order valence-corrected chi connectivity index (χ1v) is 14.2. The van der Waals surface area contributed by atoms with Crippen LogP contribution in [0.3, 0.4) is 0 Å². The highest BCUT2D eigenvalue weighted by Crippen LogP contribution is 2.17. The molecule has 2 aromatic heterocycles. The predicted molar refractivity (Wildman–Crippen MR) is 154 cm³/mol. The number of hydrogen-bond acceptors (Lipinski definition) is 7. The summed E-state index contributed by atoms with van der Waals surface area (Å²) >= 11 is 0. The maximum Gasteiger partial charge on any atom is 0.416 e. The molecule has 0 spiro atoms. The smallest absolute Gasteiger partial charge is 0.391 e. The van der Waals surface area contributed by atoms with E-state index >= 15 is 0 Å². The second kappa shape index (κ2) is 13.5. The molecule has 210 valence electrons. The Balaban J connectivity index is 1.04. The van der Waals surface area contributed by atoms with Crippen molar-refractivity contribution in [3.8, 4) is 5.88 Å². The van der Waals surface area contributed by atoms with Crippen LogP contribution in [0.15, 0.2) is 60.9 Å². The van der Waals surface area contributed by atoms with E-state index in [1.807, 2.05) is 37.4 Å². The molecule has 0 radical (unpaired) electrons. The first kappa shape index (κ1) is 27.7. The molecule has 2 aliphatic heterocycles. The number of aromatic nitrogens is 2. The molecular weight excluding hydrogens is 504 g/mol. The van der Waals surface area contributed by atoms with E-state index < -0.39 is 6.09 Å². The van der Waals surface area contributed by atoms with Gasteiger partial charge in [-0.05, 0) is 68.2 Å². The van der Waals surface area contributed by atoms with E-state index in [0.717, 1.165) is 56.9 Å². The third-order valence-electron chi connectivity index (χ3n) is 7.54. The van der Waals surface area contributed by atoms with Gasteiger partial charge < -0.3 is 15.0 Å². The molecule has 2 saturated heterocycles. The van der Waals surface area contributed by atoms with Gasteiger partial charge in [0.1, 0.15) is 0 Å². The molecule has 9 nitrogen and oxygen atoms in total. The van der Waals surface area contributed by atoms with Crippen molar-refractivity contribution in [3.05, 3.63) is 83.3 Å². The monoisotopic (exact) mass is 542 g/mol. The Morgan fingerprint density at radius 3 is 2.27 bits per heavy atom. The van der Waals surface area contributed by atoms with Crippen molar-refractivity contribution < 1.29 is 14.3 Å².